The van der Waals surface area contributed by atoms with E-state index in [1.165, 1.54) is 18.8 Å². The van der Waals surface area contributed by atoms with Gasteiger partial charge >= 0.3 is 5.97 Å². The number of nitrogens with zero attached hydrogens (tertiary/aromatic N) is 2. The van der Waals surface area contributed by atoms with Crippen molar-refractivity contribution in [3.63, 3.8) is 0 Å². The van der Waals surface area contributed by atoms with Gasteiger partial charge in [0.25, 0.3) is 0 Å². The first-order chi connectivity index (χ1) is 16.0. The first kappa shape index (κ1) is 25.4. The molecule has 1 aliphatic carbocycles. The summed E-state index contributed by atoms with van der Waals surface area (Å²) in [6.45, 7) is 0.322. The molecule has 1 aliphatic heterocycles. The Labute approximate surface area is 204 Å². The molecule has 1 aromatic heterocycles. The van der Waals surface area contributed by atoms with Crippen LogP contribution in [0.3, 0.4) is 0 Å². The van der Waals surface area contributed by atoms with Crippen molar-refractivity contribution in [2.75, 3.05) is 6.61 Å². The van der Waals surface area contributed by atoms with E-state index in [-0.39, 0.29) is 54.6 Å². The lowest BCUT2D eigenvalue weighted by atomic mass is 9.97. The highest BCUT2D eigenvalue weighted by Crippen LogP contribution is 2.25. The summed E-state index contributed by atoms with van der Waals surface area (Å²) in [7, 11) is 0. The molecule has 2 aromatic rings. The van der Waals surface area contributed by atoms with Crippen molar-refractivity contribution in [3.8, 4) is 17.1 Å². The minimum Gasteiger partial charge on any atom is -0.491 e. The van der Waals surface area contributed by atoms with Crippen LogP contribution in [0.2, 0.25) is 0 Å². The number of nitrogens with two attached hydrogens (primary N) is 1. The zero-order valence-electron chi connectivity index (χ0n) is 18.9. The number of halogens is 1. The second-order valence-corrected chi connectivity index (χ2v) is 8.64. The van der Waals surface area contributed by atoms with Gasteiger partial charge < -0.3 is 20.5 Å². The van der Waals surface area contributed by atoms with Gasteiger partial charge in [0.05, 0.1) is 23.9 Å². The number of carbonyl (C=O) groups is 2. The van der Waals surface area contributed by atoms with E-state index in [9.17, 15) is 9.59 Å². The van der Waals surface area contributed by atoms with Crippen LogP contribution in [0.25, 0.3) is 11.4 Å². The number of nitrogen functional groups attached to an aromatic ring is 1. The molecule has 1 saturated carbocycles. The zero-order chi connectivity index (χ0) is 23.2. The van der Waals surface area contributed by atoms with Crippen LogP contribution in [0.4, 0.5) is 0 Å². The van der Waals surface area contributed by atoms with Crippen molar-refractivity contribution in [2.45, 2.75) is 57.1 Å². The summed E-state index contributed by atoms with van der Waals surface area (Å²) < 4.78 is 11.4. The fourth-order valence-electron chi connectivity index (χ4n) is 4.25. The Bertz CT molecular complexity index is 993. The fraction of sp³-hybridized carbons (Fsp3) is 0.458. The van der Waals surface area contributed by atoms with Crippen LogP contribution in [0.15, 0.2) is 36.7 Å². The largest absolute Gasteiger partial charge is 0.491 e. The molecule has 9 nitrogen and oxygen atoms in total. The van der Waals surface area contributed by atoms with Crippen molar-refractivity contribution in [1.82, 2.24) is 15.3 Å². The smallest absolute Gasteiger partial charge is 0.306 e. The van der Waals surface area contributed by atoms with Crippen LogP contribution < -0.4 is 15.8 Å². The molecule has 0 spiro atoms. The highest BCUT2D eigenvalue weighted by Gasteiger charge is 2.34. The van der Waals surface area contributed by atoms with E-state index >= 15 is 0 Å². The summed E-state index contributed by atoms with van der Waals surface area (Å²) in [5.41, 5.74) is 6.70. The first-order valence-electron chi connectivity index (χ1n) is 11.4. The topological polar surface area (TPSA) is 140 Å². The van der Waals surface area contributed by atoms with Gasteiger partial charge in [-0.25, -0.2) is 9.97 Å². The first-order valence-corrected chi connectivity index (χ1v) is 11.4. The molecule has 182 valence electrons. The SMILES string of the molecule is Cl.N=C(N)c1cnc(-c2ccc(OC[C@@H]3C[C@@H](CC(=O)OC4CCCCC4)C(=O)N3)cc2)nc1. The molecule has 2 fully saturated rings. The van der Waals surface area contributed by atoms with E-state index < -0.39 is 0 Å². The number of amides is 1. The molecule has 1 saturated heterocycles. The third-order valence-corrected chi connectivity index (χ3v) is 6.08. The van der Waals surface area contributed by atoms with Gasteiger partial charge in [0.1, 0.15) is 24.3 Å². The van der Waals surface area contributed by atoms with Crippen LogP contribution in [0.5, 0.6) is 5.75 Å². The summed E-state index contributed by atoms with van der Waals surface area (Å²) >= 11 is 0. The van der Waals surface area contributed by atoms with Crippen molar-refractivity contribution in [2.24, 2.45) is 11.7 Å². The second-order valence-electron chi connectivity index (χ2n) is 8.64. The van der Waals surface area contributed by atoms with Gasteiger partial charge in [-0.15, -0.1) is 12.4 Å². The van der Waals surface area contributed by atoms with Crippen molar-refractivity contribution in [3.05, 3.63) is 42.2 Å². The number of aromatic nitrogens is 2. The maximum absolute atomic E-state index is 12.3. The number of amidine groups is 1. The average molecular weight is 488 g/mol. The predicted octanol–water partition coefficient (Wildman–Crippen LogP) is 3.00. The summed E-state index contributed by atoms with van der Waals surface area (Å²) in [6, 6.07) is 7.16. The predicted molar refractivity (Wildman–Crippen MR) is 129 cm³/mol. The second kappa shape index (κ2) is 11.8. The molecule has 1 amide bonds. The molecule has 2 heterocycles. The number of rotatable bonds is 8. The van der Waals surface area contributed by atoms with Crippen molar-refractivity contribution < 1.29 is 19.1 Å². The summed E-state index contributed by atoms with van der Waals surface area (Å²) in [4.78, 5) is 33.0. The number of hydrogen-bond acceptors (Lipinski definition) is 7. The highest BCUT2D eigenvalue weighted by molar-refractivity contribution is 5.94. The molecule has 0 bridgehead atoms. The van der Waals surface area contributed by atoms with Gasteiger partial charge in [-0.2, -0.15) is 0 Å². The lowest BCUT2D eigenvalue weighted by molar-refractivity contribution is -0.152. The van der Waals surface area contributed by atoms with Gasteiger partial charge in [0.2, 0.25) is 5.91 Å². The Kier molecular flexibility index (Phi) is 8.81. The Hall–Kier alpha value is -3.20. The molecule has 0 unspecified atom stereocenters. The Morgan fingerprint density at radius 2 is 1.79 bits per heavy atom. The maximum Gasteiger partial charge on any atom is 0.306 e. The number of hydrogen-bond donors (Lipinski definition) is 3. The molecule has 34 heavy (non-hydrogen) atoms. The molecule has 2 atom stereocenters. The number of esters is 1. The van der Waals surface area contributed by atoms with Crippen LogP contribution in [-0.4, -0.2) is 46.4 Å². The molecule has 10 heteroatoms. The van der Waals surface area contributed by atoms with Gasteiger partial charge in [-0.1, -0.05) is 6.42 Å². The highest BCUT2D eigenvalue weighted by atomic mass is 35.5. The number of carbonyl (C=O) groups excluding carboxylic acids is 2. The van der Waals surface area contributed by atoms with Gasteiger partial charge in [0, 0.05) is 18.0 Å². The fourth-order valence-corrected chi connectivity index (χ4v) is 4.25. The van der Waals surface area contributed by atoms with Crippen molar-refractivity contribution >= 4 is 30.1 Å². The number of benzene rings is 1. The Morgan fingerprint density at radius 1 is 1.12 bits per heavy atom. The third-order valence-electron chi connectivity index (χ3n) is 6.08. The van der Waals surface area contributed by atoms with E-state index in [0.717, 1.165) is 31.2 Å². The molecule has 4 rings (SSSR count). The third kappa shape index (κ3) is 6.66. The summed E-state index contributed by atoms with van der Waals surface area (Å²) in [5, 5.41) is 10.3. The van der Waals surface area contributed by atoms with E-state index in [1.54, 1.807) is 0 Å². The summed E-state index contributed by atoms with van der Waals surface area (Å²) in [5.74, 6) is 0.342. The Balaban J connectivity index is 0.00000324. The van der Waals surface area contributed by atoms with Gasteiger partial charge in [-0.3, -0.25) is 15.0 Å². The van der Waals surface area contributed by atoms with Crippen LogP contribution in [0, 0.1) is 11.3 Å². The minimum absolute atomic E-state index is 0. The van der Waals surface area contributed by atoms with Crippen molar-refractivity contribution in [1.29, 1.82) is 5.41 Å². The van der Waals surface area contributed by atoms with E-state index in [1.807, 2.05) is 24.3 Å². The van der Waals surface area contributed by atoms with Crippen LogP contribution in [-0.2, 0) is 14.3 Å². The summed E-state index contributed by atoms with van der Waals surface area (Å²) in [6.07, 6.45) is 8.95. The quantitative estimate of drug-likeness (QED) is 0.295. The maximum atomic E-state index is 12.3. The zero-order valence-corrected chi connectivity index (χ0v) is 19.7. The van der Waals surface area contributed by atoms with Gasteiger partial charge in [-0.05, 0) is 56.4 Å². The average Bonchev–Trinajstić information content (AvgIpc) is 3.17. The molecular weight excluding hydrogens is 458 g/mol. The molecular formula is C24H30ClN5O4. The monoisotopic (exact) mass is 487 g/mol. The van der Waals surface area contributed by atoms with Crippen LogP contribution >= 0.6 is 12.4 Å². The van der Waals surface area contributed by atoms with Crippen LogP contribution in [0.1, 0.15) is 50.5 Å². The normalized spacial score (nSPS) is 20.2. The standard InChI is InChI=1S/C24H29N5O4.ClH/c25-22(26)17-12-27-23(28-13-17)15-6-8-19(9-7-15)32-14-18-10-16(24(31)29-18)11-21(30)33-20-4-2-1-3-5-20;/h6-9,12-13,16,18,20H,1-5,10-11,14H2,(H3,25,26)(H,29,31);1H/t16-,18-;/m0./s1. The van der Waals surface area contributed by atoms with E-state index in [2.05, 4.69) is 15.3 Å². The minimum atomic E-state index is -0.368. The number of ether oxygens (including phenoxy) is 2. The Morgan fingerprint density at radius 3 is 2.44 bits per heavy atom. The number of nitrogens with one attached hydrogen (secondary N) is 2. The van der Waals surface area contributed by atoms with Gasteiger partial charge in [0.15, 0.2) is 5.82 Å². The van der Waals surface area contributed by atoms with E-state index in [4.69, 9.17) is 20.6 Å². The lowest BCUT2D eigenvalue weighted by Gasteiger charge is -2.22. The molecule has 4 N–H and O–H groups in total. The molecule has 2 aliphatic rings. The lowest BCUT2D eigenvalue weighted by Crippen LogP contribution is -2.31. The molecule has 1 aromatic carbocycles. The van der Waals surface area contributed by atoms with E-state index in [0.29, 0.717) is 30.2 Å². The molecule has 0 radical (unpaired) electrons.